The number of nitrogens with one attached hydrogen (secondary N) is 1. The van der Waals surface area contributed by atoms with Gasteiger partial charge < -0.3 is 14.8 Å². The van der Waals surface area contributed by atoms with E-state index in [-0.39, 0.29) is 17.8 Å². The van der Waals surface area contributed by atoms with E-state index in [1.807, 2.05) is 0 Å². The fourth-order valence-electron chi connectivity index (χ4n) is 3.43. The Labute approximate surface area is 159 Å². The number of likely N-dealkylation sites (tertiary alicyclic amines) is 1. The summed E-state index contributed by atoms with van der Waals surface area (Å²) in [5.74, 6) is 0.674. The van der Waals surface area contributed by atoms with Crippen LogP contribution in [0.1, 0.15) is 34.8 Å². The Morgan fingerprint density at radius 2 is 1.67 bits per heavy atom. The lowest BCUT2D eigenvalue weighted by molar-refractivity contribution is 0.0937. The van der Waals surface area contributed by atoms with Crippen molar-refractivity contribution in [2.75, 3.05) is 33.9 Å². The lowest BCUT2D eigenvalue weighted by Gasteiger charge is -2.28. The Balaban J connectivity index is 1.74. The van der Waals surface area contributed by atoms with Gasteiger partial charge in [-0.1, -0.05) is 12.1 Å². The third-order valence-corrected chi connectivity index (χ3v) is 4.91. The van der Waals surface area contributed by atoms with Gasteiger partial charge in [-0.05, 0) is 55.8 Å². The van der Waals surface area contributed by atoms with Crippen LogP contribution in [0.4, 0.5) is 4.39 Å². The van der Waals surface area contributed by atoms with Crippen molar-refractivity contribution in [2.45, 2.75) is 18.9 Å². The standard InChI is InChI=1S/C21H25FN2O3/c1-26-18-11-16(12-19(13-18)27-2)21(25)23-14-20(24-9-3-4-10-24)15-5-7-17(22)8-6-15/h5-8,11-13,20H,3-4,9-10,14H2,1-2H3,(H,23,25). The number of methoxy groups -OCH3 is 2. The molecule has 1 N–H and O–H groups in total. The van der Waals surface area contributed by atoms with E-state index in [9.17, 15) is 9.18 Å². The van der Waals surface area contributed by atoms with Crippen molar-refractivity contribution in [3.63, 3.8) is 0 Å². The highest BCUT2D eigenvalue weighted by Gasteiger charge is 2.24. The number of carbonyl (C=O) groups is 1. The molecule has 2 aromatic carbocycles. The van der Waals surface area contributed by atoms with Crippen LogP contribution in [0.15, 0.2) is 42.5 Å². The number of benzene rings is 2. The molecular weight excluding hydrogens is 347 g/mol. The maximum absolute atomic E-state index is 13.3. The van der Waals surface area contributed by atoms with Gasteiger partial charge in [0, 0.05) is 18.2 Å². The number of hydrogen-bond donors (Lipinski definition) is 1. The molecule has 6 heteroatoms. The molecule has 1 heterocycles. The molecule has 1 aliphatic rings. The lowest BCUT2D eigenvalue weighted by Crippen LogP contribution is -2.36. The Morgan fingerprint density at radius 3 is 2.22 bits per heavy atom. The molecule has 1 fully saturated rings. The maximum Gasteiger partial charge on any atom is 0.251 e. The number of amides is 1. The topological polar surface area (TPSA) is 50.8 Å². The van der Waals surface area contributed by atoms with E-state index in [0.717, 1.165) is 31.5 Å². The second-order valence-electron chi connectivity index (χ2n) is 6.62. The summed E-state index contributed by atoms with van der Waals surface area (Å²) < 4.78 is 23.8. The van der Waals surface area contributed by atoms with Crippen LogP contribution in [0.5, 0.6) is 11.5 Å². The normalized spacial score (nSPS) is 15.4. The average Bonchev–Trinajstić information content (AvgIpc) is 3.23. The third-order valence-electron chi connectivity index (χ3n) is 4.91. The molecule has 0 aliphatic carbocycles. The third kappa shape index (κ3) is 4.77. The smallest absolute Gasteiger partial charge is 0.251 e. The first-order valence-electron chi connectivity index (χ1n) is 9.11. The molecule has 144 valence electrons. The van der Waals surface area contributed by atoms with Crippen LogP contribution in [0.25, 0.3) is 0 Å². The Bertz CT molecular complexity index is 751. The highest BCUT2D eigenvalue weighted by atomic mass is 19.1. The molecule has 5 nitrogen and oxygen atoms in total. The van der Waals surface area contributed by atoms with Crippen LogP contribution in [0.2, 0.25) is 0 Å². The highest BCUT2D eigenvalue weighted by Crippen LogP contribution is 2.26. The Kier molecular flexibility index (Phi) is 6.29. The number of carbonyl (C=O) groups excluding carboxylic acids is 1. The predicted octanol–water partition coefficient (Wildman–Crippen LogP) is 3.41. The molecule has 1 saturated heterocycles. The molecule has 27 heavy (non-hydrogen) atoms. The van der Waals surface area contributed by atoms with Crippen molar-refractivity contribution < 1.29 is 18.7 Å². The molecule has 0 bridgehead atoms. The quantitative estimate of drug-likeness (QED) is 0.809. The predicted molar refractivity (Wildman–Crippen MR) is 102 cm³/mol. The first kappa shape index (κ1) is 19.2. The molecule has 0 spiro atoms. The zero-order valence-corrected chi connectivity index (χ0v) is 15.7. The summed E-state index contributed by atoms with van der Waals surface area (Å²) >= 11 is 0. The largest absolute Gasteiger partial charge is 0.497 e. The maximum atomic E-state index is 13.3. The molecule has 2 aromatic rings. The summed E-state index contributed by atoms with van der Waals surface area (Å²) in [5.41, 5.74) is 1.48. The SMILES string of the molecule is COc1cc(OC)cc(C(=O)NCC(c2ccc(F)cc2)N2CCCC2)c1. The van der Waals surface area contributed by atoms with Crippen molar-refractivity contribution in [1.82, 2.24) is 10.2 Å². The van der Waals surface area contributed by atoms with Gasteiger partial charge in [0.25, 0.3) is 5.91 Å². The first-order valence-corrected chi connectivity index (χ1v) is 9.11. The molecule has 0 saturated carbocycles. The average molecular weight is 372 g/mol. The minimum Gasteiger partial charge on any atom is -0.497 e. The first-order chi connectivity index (χ1) is 13.1. The van der Waals surface area contributed by atoms with Gasteiger partial charge in [0.15, 0.2) is 0 Å². The molecule has 0 radical (unpaired) electrons. The zero-order chi connectivity index (χ0) is 19.2. The summed E-state index contributed by atoms with van der Waals surface area (Å²) in [6.45, 7) is 2.40. The molecule has 1 unspecified atom stereocenters. The Morgan fingerprint density at radius 1 is 1.07 bits per heavy atom. The summed E-state index contributed by atoms with van der Waals surface area (Å²) in [6.07, 6.45) is 2.28. The van der Waals surface area contributed by atoms with Crippen LogP contribution in [0, 0.1) is 5.82 Å². The van der Waals surface area contributed by atoms with Gasteiger partial charge in [0.05, 0.1) is 20.3 Å². The molecule has 1 atom stereocenters. The summed E-state index contributed by atoms with van der Waals surface area (Å²) in [7, 11) is 3.10. The van der Waals surface area contributed by atoms with Crippen LogP contribution < -0.4 is 14.8 Å². The summed E-state index contributed by atoms with van der Waals surface area (Å²) in [6, 6.07) is 11.6. The minimum absolute atomic E-state index is 0.0181. The summed E-state index contributed by atoms with van der Waals surface area (Å²) in [4.78, 5) is 15.0. The van der Waals surface area contributed by atoms with E-state index < -0.39 is 0 Å². The monoisotopic (exact) mass is 372 g/mol. The van der Waals surface area contributed by atoms with Gasteiger partial charge in [0.1, 0.15) is 17.3 Å². The number of rotatable bonds is 7. The number of halogens is 1. The lowest BCUT2D eigenvalue weighted by atomic mass is 10.0. The van der Waals surface area contributed by atoms with Crippen molar-refractivity contribution in [3.8, 4) is 11.5 Å². The fraction of sp³-hybridized carbons (Fsp3) is 0.381. The zero-order valence-electron chi connectivity index (χ0n) is 15.7. The van der Waals surface area contributed by atoms with Crippen molar-refractivity contribution in [3.05, 3.63) is 59.4 Å². The highest BCUT2D eigenvalue weighted by molar-refractivity contribution is 5.95. The van der Waals surface area contributed by atoms with Crippen LogP contribution in [-0.2, 0) is 0 Å². The van der Waals surface area contributed by atoms with Crippen LogP contribution >= 0.6 is 0 Å². The van der Waals surface area contributed by atoms with Gasteiger partial charge >= 0.3 is 0 Å². The second-order valence-corrected chi connectivity index (χ2v) is 6.62. The Hall–Kier alpha value is -2.60. The van der Waals surface area contributed by atoms with Crippen LogP contribution in [0.3, 0.4) is 0 Å². The molecule has 1 aliphatic heterocycles. The van der Waals surface area contributed by atoms with Crippen LogP contribution in [-0.4, -0.2) is 44.7 Å². The minimum atomic E-state index is -0.258. The van der Waals surface area contributed by atoms with E-state index in [0.29, 0.717) is 23.6 Å². The number of hydrogen-bond acceptors (Lipinski definition) is 4. The molecular formula is C21H25FN2O3. The van der Waals surface area contributed by atoms with E-state index in [2.05, 4.69) is 10.2 Å². The van der Waals surface area contributed by atoms with E-state index in [1.54, 1.807) is 44.6 Å². The fourth-order valence-corrected chi connectivity index (χ4v) is 3.43. The van der Waals surface area contributed by atoms with E-state index in [1.165, 1.54) is 12.1 Å². The van der Waals surface area contributed by atoms with Gasteiger partial charge in [-0.3, -0.25) is 9.69 Å². The van der Waals surface area contributed by atoms with Crippen molar-refractivity contribution in [1.29, 1.82) is 0 Å². The van der Waals surface area contributed by atoms with Crippen molar-refractivity contribution >= 4 is 5.91 Å². The van der Waals surface area contributed by atoms with Gasteiger partial charge in [0.2, 0.25) is 0 Å². The number of nitrogens with zero attached hydrogens (tertiary/aromatic N) is 1. The van der Waals surface area contributed by atoms with Gasteiger partial charge in [-0.15, -0.1) is 0 Å². The molecule has 3 rings (SSSR count). The van der Waals surface area contributed by atoms with E-state index >= 15 is 0 Å². The van der Waals surface area contributed by atoms with Crippen molar-refractivity contribution in [2.24, 2.45) is 0 Å². The van der Waals surface area contributed by atoms with Gasteiger partial charge in [-0.2, -0.15) is 0 Å². The molecule has 1 amide bonds. The second kappa shape index (κ2) is 8.86. The van der Waals surface area contributed by atoms with E-state index in [4.69, 9.17) is 9.47 Å². The number of ether oxygens (including phenoxy) is 2. The summed E-state index contributed by atoms with van der Waals surface area (Å²) in [5, 5.41) is 3.01. The molecule has 0 aromatic heterocycles. The van der Waals surface area contributed by atoms with Gasteiger partial charge in [-0.25, -0.2) is 4.39 Å².